The van der Waals surface area contributed by atoms with Gasteiger partial charge in [-0.3, -0.25) is 9.59 Å². The summed E-state index contributed by atoms with van der Waals surface area (Å²) in [5, 5.41) is 4.13. The van der Waals surface area contributed by atoms with Gasteiger partial charge in [0.15, 0.2) is 5.69 Å². The highest BCUT2D eigenvalue weighted by molar-refractivity contribution is 5.92. The Labute approximate surface area is 157 Å². The van der Waals surface area contributed by atoms with Crippen molar-refractivity contribution in [3.8, 4) is 0 Å². The first-order valence-corrected chi connectivity index (χ1v) is 8.95. The van der Waals surface area contributed by atoms with Gasteiger partial charge in [0.1, 0.15) is 5.49 Å². The van der Waals surface area contributed by atoms with Crippen LogP contribution in [0.3, 0.4) is 0 Å². The van der Waals surface area contributed by atoms with Gasteiger partial charge in [-0.1, -0.05) is 42.8 Å². The fraction of sp³-hybridized carbons (Fsp3) is 0.238. The summed E-state index contributed by atoms with van der Waals surface area (Å²) in [5.74, 6) is -0.469. The molecule has 0 N–H and O–H groups in total. The molecular formula is C21H22N4O2. The number of benzene rings is 1. The summed E-state index contributed by atoms with van der Waals surface area (Å²) in [6, 6.07) is 16.5. The number of carbonyl (C=O) groups excluding carboxylic acids is 1. The zero-order chi connectivity index (χ0) is 19.2. The Morgan fingerprint density at radius 3 is 2.59 bits per heavy atom. The first kappa shape index (κ1) is 18.5. The summed E-state index contributed by atoms with van der Waals surface area (Å²) in [6.45, 7) is 5.07. The molecule has 0 bridgehead atoms. The van der Waals surface area contributed by atoms with Crippen LogP contribution in [-0.4, -0.2) is 20.3 Å². The highest BCUT2D eigenvalue weighted by Crippen LogP contribution is 2.04. The molecule has 0 aliphatic heterocycles. The standard InChI is InChI=1S/C21H22N4O2/c1-3-13-25-20(26)12-11-18(23-25)21(27)22-19-6-4-5-14-24(19)15-17-9-7-16(2)8-10-17/h4-12,14H,3,13,15H2,1-2H3. The molecule has 1 amide bonds. The van der Waals surface area contributed by atoms with Crippen LogP contribution in [0, 0.1) is 6.92 Å². The van der Waals surface area contributed by atoms with Gasteiger partial charge in [0.2, 0.25) is 0 Å². The highest BCUT2D eigenvalue weighted by Gasteiger charge is 2.09. The van der Waals surface area contributed by atoms with Gasteiger partial charge in [0.05, 0.1) is 0 Å². The summed E-state index contributed by atoms with van der Waals surface area (Å²) in [6.07, 6.45) is 2.65. The van der Waals surface area contributed by atoms with Gasteiger partial charge < -0.3 is 4.57 Å². The van der Waals surface area contributed by atoms with E-state index in [1.807, 2.05) is 36.7 Å². The van der Waals surface area contributed by atoms with Crippen LogP contribution < -0.4 is 11.0 Å². The van der Waals surface area contributed by atoms with E-state index in [4.69, 9.17) is 0 Å². The van der Waals surface area contributed by atoms with Crippen molar-refractivity contribution in [2.45, 2.75) is 33.4 Å². The quantitative estimate of drug-likeness (QED) is 0.700. The van der Waals surface area contributed by atoms with E-state index in [1.165, 1.54) is 22.4 Å². The number of aromatic nitrogens is 3. The number of hydrogen-bond donors (Lipinski definition) is 0. The van der Waals surface area contributed by atoms with Crippen molar-refractivity contribution in [2.24, 2.45) is 4.99 Å². The number of pyridine rings is 1. The van der Waals surface area contributed by atoms with E-state index in [2.05, 4.69) is 34.4 Å². The molecule has 0 unspecified atom stereocenters. The predicted octanol–water partition coefficient (Wildman–Crippen LogP) is 2.55. The molecule has 2 heterocycles. The van der Waals surface area contributed by atoms with Crippen molar-refractivity contribution in [3.05, 3.63) is 93.5 Å². The third-order valence-corrected chi connectivity index (χ3v) is 4.13. The number of carbonyl (C=O) groups is 1. The Kier molecular flexibility index (Phi) is 5.76. The molecule has 6 heteroatoms. The lowest BCUT2D eigenvalue weighted by Crippen LogP contribution is -2.25. The molecule has 3 rings (SSSR count). The molecule has 0 saturated heterocycles. The van der Waals surface area contributed by atoms with E-state index in [-0.39, 0.29) is 11.3 Å². The molecule has 3 aromatic rings. The maximum absolute atomic E-state index is 12.6. The molecule has 0 radical (unpaired) electrons. The van der Waals surface area contributed by atoms with E-state index >= 15 is 0 Å². The van der Waals surface area contributed by atoms with Crippen LogP contribution in [0.2, 0.25) is 0 Å². The summed E-state index contributed by atoms with van der Waals surface area (Å²) in [7, 11) is 0. The molecular weight excluding hydrogens is 340 g/mol. The Balaban J connectivity index is 1.93. The molecule has 2 aromatic heterocycles. The van der Waals surface area contributed by atoms with Crippen LogP contribution in [0.4, 0.5) is 0 Å². The van der Waals surface area contributed by atoms with Gasteiger partial charge in [0, 0.05) is 25.4 Å². The first-order chi connectivity index (χ1) is 13.1. The normalized spacial score (nSPS) is 11.6. The Bertz CT molecular complexity index is 1060. The van der Waals surface area contributed by atoms with Crippen LogP contribution in [0.25, 0.3) is 0 Å². The smallest absolute Gasteiger partial charge is 0.299 e. The van der Waals surface area contributed by atoms with Crippen LogP contribution >= 0.6 is 0 Å². The van der Waals surface area contributed by atoms with Gasteiger partial charge in [-0.05, 0) is 37.1 Å². The Hall–Kier alpha value is -3.28. The van der Waals surface area contributed by atoms with Gasteiger partial charge in [-0.15, -0.1) is 0 Å². The summed E-state index contributed by atoms with van der Waals surface area (Å²) < 4.78 is 3.21. The first-order valence-electron chi connectivity index (χ1n) is 8.95. The number of nitrogens with zero attached hydrogens (tertiary/aromatic N) is 4. The second-order valence-electron chi connectivity index (χ2n) is 6.37. The Morgan fingerprint density at radius 1 is 1.07 bits per heavy atom. The molecule has 6 nitrogen and oxygen atoms in total. The average Bonchev–Trinajstić information content (AvgIpc) is 2.67. The van der Waals surface area contributed by atoms with E-state index in [0.717, 1.165) is 12.0 Å². The number of aryl methyl sites for hydroxylation is 2. The van der Waals surface area contributed by atoms with E-state index < -0.39 is 5.91 Å². The summed E-state index contributed by atoms with van der Waals surface area (Å²) >= 11 is 0. The monoisotopic (exact) mass is 362 g/mol. The highest BCUT2D eigenvalue weighted by atomic mass is 16.2. The molecule has 0 aliphatic rings. The van der Waals surface area contributed by atoms with Crippen molar-refractivity contribution < 1.29 is 4.79 Å². The SMILES string of the molecule is CCCn1nc(C(=O)N=c2ccccn2Cc2ccc(C)cc2)ccc1=O. The maximum Gasteiger partial charge on any atom is 0.299 e. The van der Waals surface area contributed by atoms with E-state index in [0.29, 0.717) is 18.6 Å². The van der Waals surface area contributed by atoms with Crippen molar-refractivity contribution in [3.63, 3.8) is 0 Å². The summed E-state index contributed by atoms with van der Waals surface area (Å²) in [5.41, 5.74) is 2.80. The van der Waals surface area contributed by atoms with Crippen molar-refractivity contribution in [1.82, 2.24) is 14.3 Å². The molecule has 0 fully saturated rings. The largest absolute Gasteiger partial charge is 0.328 e. The third kappa shape index (κ3) is 4.67. The lowest BCUT2D eigenvalue weighted by Gasteiger charge is -2.08. The minimum atomic E-state index is -0.469. The molecule has 1 aromatic carbocycles. The molecule has 0 atom stereocenters. The lowest BCUT2D eigenvalue weighted by molar-refractivity contribution is 0.0990. The molecule has 0 spiro atoms. The van der Waals surface area contributed by atoms with Crippen LogP contribution in [0.15, 0.2) is 70.6 Å². The minimum absolute atomic E-state index is 0.161. The zero-order valence-electron chi connectivity index (χ0n) is 15.5. The van der Waals surface area contributed by atoms with Crippen LogP contribution in [-0.2, 0) is 13.1 Å². The summed E-state index contributed by atoms with van der Waals surface area (Å²) in [4.78, 5) is 28.6. The third-order valence-electron chi connectivity index (χ3n) is 4.13. The molecule has 27 heavy (non-hydrogen) atoms. The van der Waals surface area contributed by atoms with Gasteiger partial charge in [-0.25, -0.2) is 4.68 Å². The second-order valence-corrected chi connectivity index (χ2v) is 6.37. The predicted molar refractivity (Wildman–Crippen MR) is 103 cm³/mol. The van der Waals surface area contributed by atoms with Crippen molar-refractivity contribution >= 4 is 5.91 Å². The fourth-order valence-electron chi connectivity index (χ4n) is 2.69. The van der Waals surface area contributed by atoms with Gasteiger partial charge in [-0.2, -0.15) is 10.1 Å². The fourth-order valence-corrected chi connectivity index (χ4v) is 2.69. The molecule has 0 saturated carbocycles. The van der Waals surface area contributed by atoms with E-state index in [9.17, 15) is 9.59 Å². The zero-order valence-corrected chi connectivity index (χ0v) is 15.5. The minimum Gasteiger partial charge on any atom is -0.328 e. The lowest BCUT2D eigenvalue weighted by atomic mass is 10.1. The number of amides is 1. The van der Waals surface area contributed by atoms with Crippen molar-refractivity contribution in [1.29, 1.82) is 0 Å². The van der Waals surface area contributed by atoms with Crippen LogP contribution in [0.5, 0.6) is 0 Å². The van der Waals surface area contributed by atoms with Gasteiger partial charge >= 0.3 is 0 Å². The average molecular weight is 362 g/mol. The van der Waals surface area contributed by atoms with Gasteiger partial charge in [0.25, 0.3) is 11.5 Å². The van der Waals surface area contributed by atoms with E-state index in [1.54, 1.807) is 6.07 Å². The maximum atomic E-state index is 12.6. The topological polar surface area (TPSA) is 69.2 Å². The second kappa shape index (κ2) is 8.40. The van der Waals surface area contributed by atoms with Crippen molar-refractivity contribution in [2.75, 3.05) is 0 Å². The molecule has 138 valence electrons. The van der Waals surface area contributed by atoms with Crippen LogP contribution in [0.1, 0.15) is 35.0 Å². The Morgan fingerprint density at radius 2 is 1.85 bits per heavy atom. The number of rotatable bonds is 5. The number of hydrogen-bond acceptors (Lipinski definition) is 3. The molecule has 0 aliphatic carbocycles.